The van der Waals surface area contributed by atoms with E-state index in [-0.39, 0.29) is 0 Å². The maximum absolute atomic E-state index is 6.13. The van der Waals surface area contributed by atoms with E-state index >= 15 is 0 Å². The van der Waals surface area contributed by atoms with Crippen molar-refractivity contribution in [3.05, 3.63) is 77.3 Å². The summed E-state index contributed by atoms with van der Waals surface area (Å²) in [6, 6.07) is 15.3. The molecule has 124 valence electrons. The van der Waals surface area contributed by atoms with E-state index in [1.807, 2.05) is 48.5 Å². The Hall–Kier alpha value is -2.37. The number of ether oxygens (including phenoxy) is 1. The summed E-state index contributed by atoms with van der Waals surface area (Å²) in [6.45, 7) is 4.65. The van der Waals surface area contributed by atoms with E-state index in [9.17, 15) is 0 Å². The van der Waals surface area contributed by atoms with Gasteiger partial charge in [-0.15, -0.1) is 17.1 Å². The summed E-state index contributed by atoms with van der Waals surface area (Å²) < 4.78 is 5.79. The highest BCUT2D eigenvalue weighted by atomic mass is 35.5. The molecule has 0 unspecified atom stereocenters. The van der Waals surface area contributed by atoms with Crippen LogP contribution < -0.4 is 20.6 Å². The Kier molecular flexibility index (Phi) is 7.26. The zero-order valence-electron chi connectivity index (χ0n) is 13.1. The fourth-order valence-electron chi connectivity index (χ4n) is 1.86. The van der Waals surface area contributed by atoms with Crippen LogP contribution in [0.2, 0.25) is 5.02 Å². The molecule has 0 radical (unpaired) electrons. The highest BCUT2D eigenvalue weighted by molar-refractivity contribution is 7.80. The van der Waals surface area contributed by atoms with Gasteiger partial charge in [0.1, 0.15) is 12.4 Å². The molecule has 24 heavy (non-hydrogen) atoms. The van der Waals surface area contributed by atoms with Crippen LogP contribution in [0.3, 0.4) is 0 Å². The van der Waals surface area contributed by atoms with Crippen molar-refractivity contribution in [2.45, 2.75) is 6.61 Å². The summed E-state index contributed by atoms with van der Waals surface area (Å²) in [5.41, 5.74) is 4.76. The first kappa shape index (κ1) is 18.0. The second kappa shape index (κ2) is 9.70. The van der Waals surface area contributed by atoms with E-state index in [1.165, 1.54) is 0 Å². The molecule has 0 fully saturated rings. The third-order valence-electron chi connectivity index (χ3n) is 3.04. The summed E-state index contributed by atoms with van der Waals surface area (Å²) in [7, 11) is 0. The minimum Gasteiger partial charge on any atom is -0.489 e. The van der Waals surface area contributed by atoms with Gasteiger partial charge >= 0.3 is 0 Å². The molecule has 0 bridgehead atoms. The fourth-order valence-corrected chi connectivity index (χ4v) is 2.20. The van der Waals surface area contributed by atoms with E-state index in [0.29, 0.717) is 23.3 Å². The molecule has 0 amide bonds. The van der Waals surface area contributed by atoms with Gasteiger partial charge in [0, 0.05) is 22.7 Å². The number of hydrazine groups is 1. The van der Waals surface area contributed by atoms with Gasteiger partial charge in [-0.25, -0.2) is 0 Å². The van der Waals surface area contributed by atoms with E-state index in [0.717, 1.165) is 16.9 Å². The highest BCUT2D eigenvalue weighted by Gasteiger charge is 2.02. The molecule has 0 spiro atoms. The Bertz CT molecular complexity index is 734. The second-order valence-corrected chi connectivity index (χ2v) is 5.68. The summed E-state index contributed by atoms with van der Waals surface area (Å²) in [5, 5.41) is 7.09. The van der Waals surface area contributed by atoms with Crippen LogP contribution in [0.15, 0.2) is 61.2 Å². The number of hydrogen-bond acceptors (Lipinski definition) is 2. The van der Waals surface area contributed by atoms with E-state index in [2.05, 4.69) is 22.4 Å². The van der Waals surface area contributed by atoms with Crippen LogP contribution in [0, 0.1) is 0 Å². The summed E-state index contributed by atoms with van der Waals surface area (Å²) in [4.78, 5) is 0. The van der Waals surface area contributed by atoms with Crippen molar-refractivity contribution in [1.29, 1.82) is 0 Å². The van der Waals surface area contributed by atoms with Crippen LogP contribution in [0.25, 0.3) is 0 Å². The van der Waals surface area contributed by atoms with Crippen LogP contribution in [0.1, 0.15) is 11.1 Å². The number of hydrogen-bond donors (Lipinski definition) is 3. The standard InChI is InChI=1S/C18H18ClN3OS/c1-2-10-20-18(24)22-21-12-14-6-5-8-16(11-14)23-13-15-7-3-4-9-17(15)19/h2-9,11-12H,1,10,13H2,(H2,20,22,24)/p+1. The predicted octanol–water partition coefficient (Wildman–Crippen LogP) is 1.98. The Morgan fingerprint density at radius 1 is 1.25 bits per heavy atom. The van der Waals surface area contributed by atoms with E-state index < -0.39 is 0 Å². The van der Waals surface area contributed by atoms with Crippen molar-refractivity contribution in [2.24, 2.45) is 0 Å². The largest absolute Gasteiger partial charge is 0.489 e. The molecular weight excluding hydrogens is 342 g/mol. The maximum Gasteiger partial charge on any atom is 0.224 e. The van der Waals surface area contributed by atoms with Crippen molar-refractivity contribution in [3.63, 3.8) is 0 Å². The molecule has 0 aliphatic carbocycles. The van der Waals surface area contributed by atoms with Crippen molar-refractivity contribution in [3.8, 4) is 5.75 Å². The van der Waals surface area contributed by atoms with Gasteiger partial charge in [-0.05, 0) is 36.5 Å². The Labute approximate surface area is 152 Å². The lowest BCUT2D eigenvalue weighted by atomic mass is 10.2. The van der Waals surface area contributed by atoms with Crippen LogP contribution >= 0.6 is 23.8 Å². The molecule has 2 aromatic carbocycles. The minimum atomic E-state index is 0.421. The Morgan fingerprint density at radius 2 is 2.08 bits per heavy atom. The molecular formula is C18H19ClN3OS+. The number of halogens is 1. The highest BCUT2D eigenvalue weighted by Crippen LogP contribution is 2.18. The number of benzene rings is 2. The quantitative estimate of drug-likeness (QED) is 0.306. The van der Waals surface area contributed by atoms with Crippen LogP contribution in [-0.4, -0.2) is 17.9 Å². The smallest absolute Gasteiger partial charge is 0.224 e. The van der Waals surface area contributed by atoms with Gasteiger partial charge in [0.25, 0.3) is 0 Å². The summed E-state index contributed by atoms with van der Waals surface area (Å²) >= 11 is 11.2. The van der Waals surface area contributed by atoms with Crippen LogP contribution in [-0.2, 0) is 6.61 Å². The Balaban J connectivity index is 1.90. The van der Waals surface area contributed by atoms with Gasteiger partial charge in [0.2, 0.25) is 5.11 Å². The molecule has 2 rings (SSSR count). The van der Waals surface area contributed by atoms with Gasteiger partial charge in [-0.3, -0.25) is 0 Å². The molecule has 2 aromatic rings. The first-order valence-corrected chi connectivity index (χ1v) is 8.17. The van der Waals surface area contributed by atoms with Gasteiger partial charge in [-0.1, -0.05) is 41.9 Å². The third kappa shape index (κ3) is 6.02. The van der Waals surface area contributed by atoms with Crippen molar-refractivity contribution in [1.82, 2.24) is 10.7 Å². The molecule has 0 aromatic heterocycles. The molecule has 3 N–H and O–H groups in total. The average Bonchev–Trinajstić information content (AvgIpc) is 2.60. The average molecular weight is 361 g/mol. The number of nitrogens with one attached hydrogen (secondary N) is 3. The van der Waals surface area contributed by atoms with E-state index in [1.54, 1.807) is 12.3 Å². The summed E-state index contributed by atoms with van der Waals surface area (Å²) in [5.74, 6) is 0.762. The molecule has 0 aliphatic heterocycles. The Morgan fingerprint density at radius 3 is 2.88 bits per heavy atom. The van der Waals surface area contributed by atoms with Gasteiger partial charge in [-0.2, -0.15) is 0 Å². The molecule has 0 saturated heterocycles. The fraction of sp³-hybridized carbons (Fsp3) is 0.111. The molecule has 6 heteroatoms. The lowest BCUT2D eigenvalue weighted by Gasteiger charge is -2.07. The molecule has 0 atom stereocenters. The molecule has 0 heterocycles. The van der Waals surface area contributed by atoms with Crippen molar-refractivity contribution >= 4 is 35.1 Å². The monoisotopic (exact) mass is 360 g/mol. The van der Waals surface area contributed by atoms with Gasteiger partial charge < -0.3 is 10.1 Å². The lowest BCUT2D eigenvalue weighted by Crippen LogP contribution is -2.82. The number of hydrazone groups is 1. The minimum absolute atomic E-state index is 0.421. The van der Waals surface area contributed by atoms with Crippen LogP contribution in [0.4, 0.5) is 0 Å². The molecule has 0 saturated carbocycles. The van der Waals surface area contributed by atoms with Crippen LogP contribution in [0.5, 0.6) is 5.75 Å². The van der Waals surface area contributed by atoms with Gasteiger partial charge in [0.05, 0.1) is 0 Å². The normalized spacial score (nSPS) is 10.4. The zero-order valence-corrected chi connectivity index (χ0v) is 14.7. The maximum atomic E-state index is 6.13. The van der Waals surface area contributed by atoms with E-state index in [4.69, 9.17) is 28.6 Å². The SMILES string of the molecule is C=CCNC(=S)N[NH+]=Cc1cccc(OCc2ccccc2Cl)c1. The number of thiocarbonyl (C=S) groups is 1. The van der Waals surface area contributed by atoms with Gasteiger partial charge in [0.15, 0.2) is 6.21 Å². The topological polar surface area (TPSA) is 47.3 Å². The first-order chi connectivity index (χ1) is 11.7. The summed E-state index contributed by atoms with van der Waals surface area (Å²) in [6.07, 6.45) is 3.53. The zero-order chi connectivity index (χ0) is 17.2. The first-order valence-electron chi connectivity index (χ1n) is 7.39. The van der Waals surface area contributed by atoms with Crippen molar-refractivity contribution in [2.75, 3.05) is 6.54 Å². The number of rotatable bonds is 7. The predicted molar refractivity (Wildman–Crippen MR) is 102 cm³/mol. The third-order valence-corrected chi connectivity index (χ3v) is 3.66. The molecule has 0 aliphatic rings. The van der Waals surface area contributed by atoms with Crippen molar-refractivity contribution < 1.29 is 9.84 Å². The molecule has 4 nitrogen and oxygen atoms in total. The second-order valence-electron chi connectivity index (χ2n) is 4.86. The lowest BCUT2D eigenvalue weighted by molar-refractivity contribution is -0.500.